The third-order valence-corrected chi connectivity index (χ3v) is 2.89. The van der Waals surface area contributed by atoms with Gasteiger partial charge >= 0.3 is 7.12 Å². The molecule has 1 aliphatic rings. The Bertz CT molecular complexity index is 394. The maximum atomic E-state index is 13.3. The van der Waals surface area contributed by atoms with E-state index in [9.17, 15) is 4.39 Å². The van der Waals surface area contributed by atoms with E-state index in [1.807, 2.05) is 0 Å². The molecule has 19 heavy (non-hydrogen) atoms. The van der Waals surface area contributed by atoms with Gasteiger partial charge in [-0.25, -0.2) is 4.39 Å². The lowest BCUT2D eigenvalue weighted by Crippen LogP contribution is -2.39. The first-order chi connectivity index (χ1) is 9.31. The van der Waals surface area contributed by atoms with E-state index in [0.717, 1.165) is 23.9 Å². The summed E-state index contributed by atoms with van der Waals surface area (Å²) in [5.41, 5.74) is 1.54. The quantitative estimate of drug-likeness (QED) is 0.460. The molecule has 1 aromatic rings. The first-order valence-electron chi connectivity index (χ1n) is 6.39. The lowest BCUT2D eigenvalue weighted by Gasteiger charge is -2.15. The lowest BCUT2D eigenvalue weighted by molar-refractivity contribution is -0.0389. The van der Waals surface area contributed by atoms with Crippen molar-refractivity contribution in [1.82, 2.24) is 0 Å². The van der Waals surface area contributed by atoms with Gasteiger partial charge in [-0.3, -0.25) is 0 Å². The average molecular weight is 268 g/mol. The molecule has 6 heteroatoms. The van der Waals surface area contributed by atoms with Crippen LogP contribution >= 0.6 is 0 Å². The van der Waals surface area contributed by atoms with Crippen LogP contribution < -0.4 is 5.46 Å². The molecule has 0 N–H and O–H groups in total. The number of rotatable bonds is 5. The zero-order valence-corrected chi connectivity index (χ0v) is 11.1. The van der Waals surface area contributed by atoms with Gasteiger partial charge in [0.25, 0.3) is 0 Å². The fraction of sp³-hybridized carbons (Fsp3) is 0.538. The molecular formula is C13H18BFO4. The molecule has 0 saturated carbocycles. The Balaban J connectivity index is 2.12. The zero-order valence-electron chi connectivity index (χ0n) is 11.1. The predicted molar refractivity (Wildman–Crippen MR) is 69.6 cm³/mol. The van der Waals surface area contributed by atoms with Crippen molar-refractivity contribution in [3.63, 3.8) is 0 Å². The Morgan fingerprint density at radius 2 is 2.00 bits per heavy atom. The van der Waals surface area contributed by atoms with Crippen LogP contribution in [0.5, 0.6) is 0 Å². The van der Waals surface area contributed by atoms with E-state index >= 15 is 0 Å². The van der Waals surface area contributed by atoms with Gasteiger partial charge in [-0.05, 0) is 36.0 Å². The standard InChI is InChI=1S/C13H18BFO4/c1-16-10-17-9-11-8-12(15)4-5-13(11)14-18-6-2-3-7-19-14/h4-5,8H,2-3,6-7,9-10H2,1H3. The SMILES string of the molecule is COCOCc1cc(F)ccc1B1OCCCCO1. The molecule has 104 valence electrons. The molecule has 1 fully saturated rings. The van der Waals surface area contributed by atoms with E-state index in [1.165, 1.54) is 12.1 Å². The molecule has 0 aliphatic carbocycles. The van der Waals surface area contributed by atoms with Gasteiger partial charge in [-0.15, -0.1) is 0 Å². The van der Waals surface area contributed by atoms with Crippen LogP contribution in [-0.4, -0.2) is 34.2 Å². The van der Waals surface area contributed by atoms with Crippen LogP contribution in [0.25, 0.3) is 0 Å². The monoisotopic (exact) mass is 268 g/mol. The maximum absolute atomic E-state index is 13.3. The van der Waals surface area contributed by atoms with Gasteiger partial charge in [0.15, 0.2) is 0 Å². The smallest absolute Gasteiger partial charge is 0.407 e. The summed E-state index contributed by atoms with van der Waals surface area (Å²) in [6.07, 6.45) is 1.96. The fourth-order valence-electron chi connectivity index (χ4n) is 1.98. The van der Waals surface area contributed by atoms with E-state index in [2.05, 4.69) is 0 Å². The van der Waals surface area contributed by atoms with Gasteiger partial charge in [0, 0.05) is 20.3 Å². The second-order valence-electron chi connectivity index (χ2n) is 4.38. The Kier molecular flexibility index (Phi) is 5.78. The normalized spacial score (nSPS) is 16.4. The number of methoxy groups -OCH3 is 1. The Labute approximate surface area is 112 Å². The second-order valence-corrected chi connectivity index (χ2v) is 4.38. The summed E-state index contributed by atoms with van der Waals surface area (Å²) in [7, 11) is 1.11. The second kappa shape index (κ2) is 7.60. The van der Waals surface area contributed by atoms with Crippen molar-refractivity contribution in [3.8, 4) is 0 Å². The molecule has 1 aliphatic heterocycles. The Morgan fingerprint density at radius 1 is 1.26 bits per heavy atom. The molecule has 0 unspecified atom stereocenters. The maximum Gasteiger partial charge on any atom is 0.494 e. The molecule has 4 nitrogen and oxygen atoms in total. The first-order valence-corrected chi connectivity index (χ1v) is 6.39. The molecule has 0 aromatic heterocycles. The minimum absolute atomic E-state index is 0.169. The van der Waals surface area contributed by atoms with Crippen molar-refractivity contribution in [1.29, 1.82) is 0 Å². The van der Waals surface area contributed by atoms with Gasteiger partial charge in [0.2, 0.25) is 0 Å². The van der Waals surface area contributed by atoms with E-state index in [0.29, 0.717) is 13.2 Å². The molecule has 2 rings (SSSR count). The summed E-state index contributed by atoms with van der Waals surface area (Å²) >= 11 is 0. The number of hydrogen-bond donors (Lipinski definition) is 0. The van der Waals surface area contributed by atoms with Crippen LogP contribution in [-0.2, 0) is 25.4 Å². The molecule has 1 saturated heterocycles. The van der Waals surface area contributed by atoms with E-state index in [4.69, 9.17) is 18.8 Å². The average Bonchev–Trinajstić information content (AvgIpc) is 2.68. The van der Waals surface area contributed by atoms with Crippen molar-refractivity contribution < 1.29 is 23.2 Å². The number of ether oxygens (including phenoxy) is 2. The Morgan fingerprint density at radius 3 is 2.68 bits per heavy atom. The van der Waals surface area contributed by atoms with Crippen LogP contribution in [0.15, 0.2) is 18.2 Å². The summed E-state index contributed by atoms with van der Waals surface area (Å²) in [6.45, 7) is 1.74. The fourth-order valence-corrected chi connectivity index (χ4v) is 1.98. The van der Waals surface area contributed by atoms with Crippen molar-refractivity contribution in [2.45, 2.75) is 19.4 Å². The van der Waals surface area contributed by atoms with Gasteiger partial charge < -0.3 is 18.8 Å². The first kappa shape index (κ1) is 14.5. The van der Waals surface area contributed by atoms with Crippen molar-refractivity contribution >= 4 is 12.6 Å². The van der Waals surface area contributed by atoms with Crippen LogP contribution in [0.3, 0.4) is 0 Å². The highest BCUT2D eigenvalue weighted by Gasteiger charge is 2.26. The van der Waals surface area contributed by atoms with E-state index in [-0.39, 0.29) is 19.2 Å². The van der Waals surface area contributed by atoms with Crippen molar-refractivity contribution in [2.75, 3.05) is 27.1 Å². The van der Waals surface area contributed by atoms with Crippen molar-refractivity contribution in [3.05, 3.63) is 29.6 Å². The van der Waals surface area contributed by atoms with E-state index < -0.39 is 7.12 Å². The lowest BCUT2D eigenvalue weighted by atomic mass is 9.76. The zero-order chi connectivity index (χ0) is 13.5. The number of halogens is 1. The predicted octanol–water partition coefficient (Wildman–Crippen LogP) is 1.47. The van der Waals surface area contributed by atoms with Crippen LogP contribution in [0, 0.1) is 5.82 Å². The minimum atomic E-state index is -0.441. The molecule has 0 radical (unpaired) electrons. The van der Waals surface area contributed by atoms with Crippen molar-refractivity contribution in [2.24, 2.45) is 0 Å². The topological polar surface area (TPSA) is 36.9 Å². The number of benzene rings is 1. The highest BCUT2D eigenvalue weighted by molar-refractivity contribution is 6.61. The highest BCUT2D eigenvalue weighted by Crippen LogP contribution is 2.09. The van der Waals surface area contributed by atoms with Crippen LogP contribution in [0.1, 0.15) is 18.4 Å². The molecular weight excluding hydrogens is 250 g/mol. The summed E-state index contributed by atoms with van der Waals surface area (Å²) in [6, 6.07) is 4.55. The molecule has 0 amide bonds. The third-order valence-electron chi connectivity index (χ3n) is 2.89. The van der Waals surface area contributed by atoms with Crippen LogP contribution in [0.4, 0.5) is 4.39 Å². The number of hydrogen-bond acceptors (Lipinski definition) is 4. The molecule has 1 aromatic carbocycles. The van der Waals surface area contributed by atoms with Gasteiger partial charge in [-0.2, -0.15) is 0 Å². The molecule has 0 atom stereocenters. The highest BCUT2D eigenvalue weighted by atomic mass is 19.1. The molecule has 1 heterocycles. The largest absolute Gasteiger partial charge is 0.494 e. The van der Waals surface area contributed by atoms with Gasteiger partial charge in [-0.1, -0.05) is 6.07 Å². The minimum Gasteiger partial charge on any atom is -0.407 e. The summed E-state index contributed by atoms with van der Waals surface area (Å²) in [5.74, 6) is -0.298. The van der Waals surface area contributed by atoms with Gasteiger partial charge in [0.05, 0.1) is 6.61 Å². The molecule has 0 bridgehead atoms. The van der Waals surface area contributed by atoms with Crippen LogP contribution in [0.2, 0.25) is 0 Å². The Hall–Kier alpha value is -0.945. The summed E-state index contributed by atoms with van der Waals surface area (Å²) < 4.78 is 34.7. The summed E-state index contributed by atoms with van der Waals surface area (Å²) in [5, 5.41) is 0. The summed E-state index contributed by atoms with van der Waals surface area (Å²) in [4.78, 5) is 0. The third kappa shape index (κ3) is 4.28. The molecule has 0 spiro atoms. The van der Waals surface area contributed by atoms with Gasteiger partial charge in [0.1, 0.15) is 12.6 Å². The van der Waals surface area contributed by atoms with E-state index in [1.54, 1.807) is 13.2 Å².